The topological polar surface area (TPSA) is 59.4 Å². The first-order valence-corrected chi connectivity index (χ1v) is 4.90. The zero-order valence-corrected chi connectivity index (χ0v) is 7.92. The number of aliphatic hydroxyl groups excluding tert-OH is 1. The molecule has 13 heavy (non-hydrogen) atoms. The van der Waals surface area contributed by atoms with Crippen LogP contribution in [0.15, 0.2) is 11.6 Å². The number of ether oxygens (including phenoxy) is 1. The molecule has 0 radical (unpaired) electrons. The van der Waals surface area contributed by atoms with Crippen molar-refractivity contribution in [1.82, 2.24) is 4.98 Å². The van der Waals surface area contributed by atoms with Crippen LogP contribution in [0.5, 0.6) is 0 Å². The van der Waals surface area contributed by atoms with E-state index >= 15 is 0 Å². The van der Waals surface area contributed by atoms with Crippen molar-refractivity contribution < 1.29 is 14.6 Å². The Hall–Kier alpha value is -0.940. The molecule has 0 amide bonds. The molecule has 0 unspecified atom stereocenters. The zero-order chi connectivity index (χ0) is 9.52. The Morgan fingerprint density at radius 1 is 1.62 bits per heavy atom. The molecule has 4 nitrogen and oxygen atoms in total. The molecule has 0 saturated heterocycles. The van der Waals surface area contributed by atoms with Gasteiger partial charge in [-0.1, -0.05) is 0 Å². The van der Waals surface area contributed by atoms with Crippen LogP contribution < -0.4 is 0 Å². The molecule has 0 spiro atoms. The van der Waals surface area contributed by atoms with Gasteiger partial charge >= 0.3 is 5.97 Å². The molecule has 0 atom stereocenters. The first-order chi connectivity index (χ1) is 6.34. The molecule has 1 rings (SSSR count). The van der Waals surface area contributed by atoms with Crippen molar-refractivity contribution in [1.29, 1.82) is 0 Å². The van der Waals surface area contributed by atoms with Gasteiger partial charge in [0.15, 0.2) is 0 Å². The predicted octanol–water partition coefficient (Wildman–Crippen LogP) is 1.07. The number of carbonyl (C=O) groups is 1. The van der Waals surface area contributed by atoms with E-state index in [4.69, 9.17) is 9.84 Å². The number of rotatable bonds is 5. The van der Waals surface area contributed by atoms with Gasteiger partial charge in [0.1, 0.15) is 0 Å². The maximum absolute atomic E-state index is 11.1. The number of esters is 1. The van der Waals surface area contributed by atoms with E-state index in [-0.39, 0.29) is 12.6 Å². The number of aliphatic hydroxyl groups is 1. The summed E-state index contributed by atoms with van der Waals surface area (Å²) in [6.45, 7) is 0.480. The molecular weight excluding hydrogens is 190 g/mol. The summed E-state index contributed by atoms with van der Waals surface area (Å²) in [6.07, 6.45) is 2.91. The Balaban J connectivity index is 2.19. The third-order valence-electron chi connectivity index (χ3n) is 1.39. The van der Waals surface area contributed by atoms with Crippen molar-refractivity contribution >= 4 is 17.3 Å². The molecule has 1 N–H and O–H groups in total. The first kappa shape index (κ1) is 10.1. The minimum Gasteiger partial charge on any atom is -0.460 e. The Bertz CT molecular complexity index is 248. The maximum atomic E-state index is 11.1. The molecule has 5 heteroatoms. The Morgan fingerprint density at radius 3 is 3.08 bits per heavy atom. The summed E-state index contributed by atoms with van der Waals surface area (Å²) in [5, 5.41) is 10.6. The summed E-state index contributed by atoms with van der Waals surface area (Å²) in [4.78, 5) is 14.9. The van der Waals surface area contributed by atoms with Gasteiger partial charge in [-0.05, 0) is 12.8 Å². The minimum atomic E-state index is -0.382. The van der Waals surface area contributed by atoms with E-state index in [0.29, 0.717) is 24.5 Å². The standard InChI is InChI=1S/C8H11NO3S/c10-4-1-2-5-12-8(11)7-9-3-6-13-7/h3,6,10H,1-2,4-5H2. The van der Waals surface area contributed by atoms with E-state index in [1.807, 2.05) is 0 Å². The molecule has 0 aliphatic heterocycles. The first-order valence-electron chi connectivity index (χ1n) is 4.02. The molecule has 72 valence electrons. The van der Waals surface area contributed by atoms with E-state index in [0.717, 1.165) is 0 Å². The van der Waals surface area contributed by atoms with Gasteiger partial charge in [0.25, 0.3) is 0 Å². The average molecular weight is 201 g/mol. The zero-order valence-electron chi connectivity index (χ0n) is 7.10. The largest absolute Gasteiger partial charge is 0.460 e. The van der Waals surface area contributed by atoms with E-state index in [1.165, 1.54) is 11.3 Å². The normalized spacial score (nSPS) is 9.92. The van der Waals surface area contributed by atoms with E-state index in [9.17, 15) is 4.79 Å². The molecule has 1 heterocycles. The van der Waals surface area contributed by atoms with Crippen molar-refractivity contribution in [2.75, 3.05) is 13.2 Å². The highest BCUT2D eigenvalue weighted by molar-refractivity contribution is 7.11. The summed E-state index contributed by atoms with van der Waals surface area (Å²) in [5.74, 6) is -0.382. The van der Waals surface area contributed by atoms with Gasteiger partial charge in [0, 0.05) is 18.2 Å². The SMILES string of the molecule is O=C(OCCCCO)c1nccs1. The van der Waals surface area contributed by atoms with Crippen LogP contribution in [0.2, 0.25) is 0 Å². The number of aromatic nitrogens is 1. The van der Waals surface area contributed by atoms with Crippen LogP contribution in [0.25, 0.3) is 0 Å². The minimum absolute atomic E-state index is 0.134. The second kappa shape index (κ2) is 5.66. The highest BCUT2D eigenvalue weighted by atomic mass is 32.1. The summed E-state index contributed by atoms with van der Waals surface area (Å²) >= 11 is 1.26. The number of nitrogens with zero attached hydrogens (tertiary/aromatic N) is 1. The third-order valence-corrected chi connectivity index (χ3v) is 2.15. The fraction of sp³-hybridized carbons (Fsp3) is 0.500. The molecule has 1 aromatic rings. The van der Waals surface area contributed by atoms with Crippen LogP contribution in [-0.2, 0) is 4.74 Å². The second-order valence-electron chi connectivity index (χ2n) is 2.40. The van der Waals surface area contributed by atoms with Crippen molar-refractivity contribution in [2.45, 2.75) is 12.8 Å². The monoisotopic (exact) mass is 201 g/mol. The fourth-order valence-electron chi connectivity index (χ4n) is 0.765. The average Bonchev–Trinajstić information content (AvgIpc) is 2.65. The van der Waals surface area contributed by atoms with Crippen molar-refractivity contribution in [3.8, 4) is 0 Å². The maximum Gasteiger partial charge on any atom is 0.367 e. The quantitative estimate of drug-likeness (QED) is 0.572. The number of hydrogen-bond acceptors (Lipinski definition) is 5. The highest BCUT2D eigenvalue weighted by Gasteiger charge is 2.08. The molecule has 0 bridgehead atoms. The van der Waals surface area contributed by atoms with Crippen molar-refractivity contribution in [3.05, 3.63) is 16.6 Å². The van der Waals surface area contributed by atoms with Gasteiger partial charge in [-0.2, -0.15) is 0 Å². The van der Waals surface area contributed by atoms with E-state index in [2.05, 4.69) is 4.98 Å². The Morgan fingerprint density at radius 2 is 2.46 bits per heavy atom. The number of unbranched alkanes of at least 4 members (excludes halogenated alkanes) is 1. The molecule has 0 fully saturated rings. The van der Waals surface area contributed by atoms with Crippen LogP contribution >= 0.6 is 11.3 Å². The lowest BCUT2D eigenvalue weighted by atomic mass is 10.3. The summed E-state index contributed by atoms with van der Waals surface area (Å²) in [6, 6.07) is 0. The molecule has 0 aromatic carbocycles. The van der Waals surface area contributed by atoms with Gasteiger partial charge in [-0.3, -0.25) is 0 Å². The lowest BCUT2D eigenvalue weighted by molar-refractivity contribution is 0.0492. The molecular formula is C8H11NO3S. The Kier molecular flexibility index (Phi) is 4.42. The predicted molar refractivity (Wildman–Crippen MR) is 48.7 cm³/mol. The summed E-state index contributed by atoms with van der Waals surface area (Å²) in [7, 11) is 0. The van der Waals surface area contributed by atoms with Crippen LogP contribution in [0.4, 0.5) is 0 Å². The molecule has 0 aliphatic rings. The van der Waals surface area contributed by atoms with Gasteiger partial charge in [-0.15, -0.1) is 11.3 Å². The lowest BCUT2D eigenvalue weighted by Crippen LogP contribution is -2.06. The van der Waals surface area contributed by atoms with Crippen LogP contribution in [0.1, 0.15) is 22.6 Å². The van der Waals surface area contributed by atoms with Gasteiger partial charge < -0.3 is 9.84 Å². The van der Waals surface area contributed by atoms with Crippen LogP contribution in [-0.4, -0.2) is 29.3 Å². The van der Waals surface area contributed by atoms with Crippen molar-refractivity contribution in [2.24, 2.45) is 0 Å². The van der Waals surface area contributed by atoms with Gasteiger partial charge in [-0.25, -0.2) is 9.78 Å². The fourth-order valence-corrected chi connectivity index (χ4v) is 1.29. The number of carbonyl (C=O) groups excluding carboxylic acids is 1. The van der Waals surface area contributed by atoms with Gasteiger partial charge in [0.2, 0.25) is 5.01 Å². The number of thiazole rings is 1. The molecule has 1 aromatic heterocycles. The second-order valence-corrected chi connectivity index (χ2v) is 3.30. The summed E-state index contributed by atoms with van der Waals surface area (Å²) in [5.41, 5.74) is 0. The lowest BCUT2D eigenvalue weighted by Gasteiger charge is -2.00. The number of hydrogen-bond donors (Lipinski definition) is 1. The smallest absolute Gasteiger partial charge is 0.367 e. The molecule has 0 saturated carbocycles. The van der Waals surface area contributed by atoms with E-state index < -0.39 is 0 Å². The van der Waals surface area contributed by atoms with Crippen molar-refractivity contribution in [3.63, 3.8) is 0 Å². The highest BCUT2D eigenvalue weighted by Crippen LogP contribution is 2.05. The van der Waals surface area contributed by atoms with Crippen LogP contribution in [0, 0.1) is 0 Å². The summed E-state index contributed by atoms with van der Waals surface area (Å²) < 4.78 is 4.89. The van der Waals surface area contributed by atoms with Crippen LogP contribution in [0.3, 0.4) is 0 Å². The third kappa shape index (κ3) is 3.52. The molecule has 0 aliphatic carbocycles. The van der Waals surface area contributed by atoms with E-state index in [1.54, 1.807) is 11.6 Å². The van der Waals surface area contributed by atoms with Gasteiger partial charge in [0.05, 0.1) is 6.61 Å². The Labute approximate surface area is 80.2 Å².